The zero-order chi connectivity index (χ0) is 27.7. The van der Waals surface area contributed by atoms with E-state index in [-0.39, 0.29) is 5.97 Å². The molecule has 0 aliphatic heterocycles. The number of carbonyl (C=O) groups excluding carboxylic acids is 1. The Morgan fingerprint density at radius 3 is 1.15 bits per heavy atom. The summed E-state index contributed by atoms with van der Waals surface area (Å²) in [5.74, 6) is 0.762. The molecular formula is C28H68O4Si. The summed E-state index contributed by atoms with van der Waals surface area (Å²) in [7, 11) is 4.21. The number of rotatable bonds is 9. The average molecular weight is 497 g/mol. The summed E-state index contributed by atoms with van der Waals surface area (Å²) in [4.78, 5) is 10.2. The van der Waals surface area contributed by atoms with Crippen molar-refractivity contribution in [3.8, 4) is 0 Å². The molecule has 0 spiro atoms. The number of ether oxygens (including phenoxy) is 3. The monoisotopic (exact) mass is 496 g/mol. The molecule has 1 unspecified atom stereocenters. The topological polar surface area (TPSA) is 44.8 Å². The third-order valence-electron chi connectivity index (χ3n) is 4.44. The van der Waals surface area contributed by atoms with Crippen LogP contribution in [0.5, 0.6) is 0 Å². The summed E-state index contributed by atoms with van der Waals surface area (Å²) < 4.78 is 13.9. The van der Waals surface area contributed by atoms with Gasteiger partial charge in [0.25, 0.3) is 0 Å². The molecule has 0 heterocycles. The molecule has 0 aliphatic carbocycles. The number of hydrogen-bond donors (Lipinski definition) is 0. The molecule has 0 aliphatic rings. The summed E-state index contributed by atoms with van der Waals surface area (Å²) in [6.45, 7) is 29.5. The van der Waals surface area contributed by atoms with Crippen LogP contribution < -0.4 is 0 Å². The molecule has 0 aromatic rings. The largest absolute Gasteiger partial charge is 0.469 e. The minimum atomic E-state index is -0.631. The molecule has 0 N–H and O–H groups in total. The Hall–Kier alpha value is -0.393. The highest BCUT2D eigenvalue weighted by Gasteiger charge is 2.06. The van der Waals surface area contributed by atoms with Crippen LogP contribution in [0.4, 0.5) is 0 Å². The summed E-state index contributed by atoms with van der Waals surface area (Å²) in [5, 5.41) is 0. The van der Waals surface area contributed by atoms with E-state index in [1.54, 1.807) is 14.2 Å². The molecule has 4 nitrogen and oxygen atoms in total. The van der Waals surface area contributed by atoms with Gasteiger partial charge in [0.15, 0.2) is 0 Å². The summed E-state index contributed by atoms with van der Waals surface area (Å²) in [5.41, 5.74) is 0. The maximum Gasteiger partial charge on any atom is 0.305 e. The van der Waals surface area contributed by atoms with Gasteiger partial charge in [-0.1, -0.05) is 107 Å². The van der Waals surface area contributed by atoms with Crippen LogP contribution in [0.2, 0.25) is 25.7 Å². The quantitative estimate of drug-likeness (QED) is 0.235. The van der Waals surface area contributed by atoms with E-state index in [1.165, 1.54) is 32.4 Å². The highest BCUT2D eigenvalue weighted by molar-refractivity contribution is 6.75. The first kappa shape index (κ1) is 46.0. The van der Waals surface area contributed by atoms with Crippen LogP contribution >= 0.6 is 0 Å². The van der Waals surface area contributed by atoms with E-state index in [0.29, 0.717) is 12.5 Å². The summed E-state index contributed by atoms with van der Waals surface area (Å²) in [6.07, 6.45) is 8.01. The van der Waals surface area contributed by atoms with Crippen molar-refractivity contribution in [3.05, 3.63) is 0 Å². The standard InChI is InChI=1S/C5H10O2.C5H12O.C5H14Si.C5H12.C4H10O.C4H10/c1-3-4-5(6)7-2;1-4-5(2)6-3;1-5-6(2,3)4;1-4-5(2)3;1-3-4-5-2;1-3-4-2/h3-4H2,1-2H3;5H,4H2,1-3H3;5H2,1-4H3;5H,4H2,1-3H3;3-4H2,1-2H3;3-4H2,1-2H3. The fourth-order valence-electron chi connectivity index (χ4n) is 0.677. The third-order valence-corrected chi connectivity index (χ3v) is 6.57. The van der Waals surface area contributed by atoms with Gasteiger partial charge in [-0.15, -0.1) is 0 Å². The van der Waals surface area contributed by atoms with E-state index in [1.807, 2.05) is 6.92 Å². The summed E-state index contributed by atoms with van der Waals surface area (Å²) in [6, 6.07) is 1.41. The Labute approximate surface area is 213 Å². The normalized spacial score (nSPS) is 10.2. The number of esters is 1. The molecule has 0 fully saturated rings. The van der Waals surface area contributed by atoms with Crippen LogP contribution in [-0.2, 0) is 19.0 Å². The molecule has 1 atom stereocenters. The SMILES string of the molecule is CCC(C)C.CCC(C)OC.CCCC.CCCC(=O)OC.CCCOC.CC[Si](C)(C)C. The highest BCUT2D eigenvalue weighted by atomic mass is 28.3. The Balaban J connectivity index is -0.0000000668. The fraction of sp³-hybridized carbons (Fsp3) is 0.964. The van der Waals surface area contributed by atoms with Gasteiger partial charge in [0.2, 0.25) is 0 Å². The van der Waals surface area contributed by atoms with Crippen LogP contribution in [0.3, 0.4) is 0 Å². The van der Waals surface area contributed by atoms with Crippen molar-refractivity contribution in [1.82, 2.24) is 0 Å². The van der Waals surface area contributed by atoms with Gasteiger partial charge < -0.3 is 14.2 Å². The molecule has 0 radical (unpaired) electrons. The number of unbranched alkanes of at least 4 members (excludes halogenated alkanes) is 1. The van der Waals surface area contributed by atoms with E-state index in [4.69, 9.17) is 9.47 Å². The average Bonchev–Trinajstić information content (AvgIpc) is 2.80. The van der Waals surface area contributed by atoms with Crippen molar-refractivity contribution in [2.75, 3.05) is 27.9 Å². The molecule has 0 amide bonds. The van der Waals surface area contributed by atoms with Crippen LogP contribution in [0, 0.1) is 5.92 Å². The fourth-order valence-corrected chi connectivity index (χ4v) is 0.677. The van der Waals surface area contributed by atoms with E-state index >= 15 is 0 Å². The molecule has 0 saturated heterocycles. The zero-order valence-corrected chi connectivity index (χ0v) is 27.2. The van der Waals surface area contributed by atoms with E-state index < -0.39 is 8.07 Å². The second kappa shape index (κ2) is 41.8. The first-order valence-electron chi connectivity index (χ1n) is 13.4. The number of hydrogen-bond acceptors (Lipinski definition) is 4. The van der Waals surface area contributed by atoms with Gasteiger partial charge in [-0.3, -0.25) is 4.79 Å². The van der Waals surface area contributed by atoms with Gasteiger partial charge in [-0.2, -0.15) is 0 Å². The number of carbonyl (C=O) groups is 1. The minimum Gasteiger partial charge on any atom is -0.469 e. The molecule has 33 heavy (non-hydrogen) atoms. The van der Waals surface area contributed by atoms with Crippen molar-refractivity contribution in [3.63, 3.8) is 0 Å². The van der Waals surface area contributed by atoms with Crippen molar-refractivity contribution in [1.29, 1.82) is 0 Å². The Kier molecular flexibility index (Phi) is 58.3. The van der Waals surface area contributed by atoms with Gasteiger partial charge in [-0.05, 0) is 32.1 Å². The highest BCUT2D eigenvalue weighted by Crippen LogP contribution is 2.04. The number of methoxy groups -OCH3 is 3. The lowest BCUT2D eigenvalue weighted by molar-refractivity contribution is -0.140. The van der Waals surface area contributed by atoms with E-state index in [9.17, 15) is 4.79 Å². The maximum absolute atomic E-state index is 10.2. The molecule has 0 rings (SSSR count). The van der Waals surface area contributed by atoms with Crippen molar-refractivity contribution in [2.45, 2.75) is 146 Å². The van der Waals surface area contributed by atoms with Gasteiger partial charge in [0.05, 0.1) is 13.2 Å². The smallest absolute Gasteiger partial charge is 0.305 e. The maximum atomic E-state index is 10.2. The van der Waals surface area contributed by atoms with Crippen molar-refractivity contribution >= 4 is 14.0 Å². The van der Waals surface area contributed by atoms with Gasteiger partial charge in [0.1, 0.15) is 0 Å². The Morgan fingerprint density at radius 1 is 0.727 bits per heavy atom. The van der Waals surface area contributed by atoms with Gasteiger partial charge >= 0.3 is 5.97 Å². The second-order valence-electron chi connectivity index (χ2n) is 9.49. The second-order valence-corrected chi connectivity index (χ2v) is 15.3. The van der Waals surface area contributed by atoms with Crippen molar-refractivity contribution < 1.29 is 19.0 Å². The van der Waals surface area contributed by atoms with E-state index in [0.717, 1.165) is 31.8 Å². The zero-order valence-electron chi connectivity index (χ0n) is 26.2. The summed E-state index contributed by atoms with van der Waals surface area (Å²) >= 11 is 0. The molecule has 0 aromatic heterocycles. The molecule has 208 valence electrons. The lowest BCUT2D eigenvalue weighted by atomic mass is 10.2. The van der Waals surface area contributed by atoms with Gasteiger partial charge in [0, 0.05) is 35.3 Å². The predicted molar refractivity (Wildman–Crippen MR) is 155 cm³/mol. The van der Waals surface area contributed by atoms with Crippen molar-refractivity contribution in [2.24, 2.45) is 5.92 Å². The Morgan fingerprint density at radius 2 is 1.12 bits per heavy atom. The molecular weight excluding hydrogens is 428 g/mol. The third kappa shape index (κ3) is 100. The predicted octanol–water partition coefficient (Wildman–Crippen LogP) is 9.64. The molecule has 0 aromatic carbocycles. The minimum absolute atomic E-state index is 0.123. The van der Waals surface area contributed by atoms with Gasteiger partial charge in [-0.25, -0.2) is 0 Å². The van der Waals surface area contributed by atoms with E-state index in [2.05, 4.69) is 86.7 Å². The molecule has 0 saturated carbocycles. The first-order valence-corrected chi connectivity index (χ1v) is 17.1. The van der Waals surface area contributed by atoms with Crippen LogP contribution in [-0.4, -0.2) is 48.1 Å². The molecule has 0 bridgehead atoms. The van der Waals surface area contributed by atoms with Crippen LogP contribution in [0.25, 0.3) is 0 Å². The Bertz CT molecular complexity index is 295. The van der Waals surface area contributed by atoms with Crippen LogP contribution in [0.1, 0.15) is 114 Å². The lowest BCUT2D eigenvalue weighted by Crippen LogP contribution is -2.16. The lowest BCUT2D eigenvalue weighted by Gasteiger charge is -2.09. The van der Waals surface area contributed by atoms with Crippen LogP contribution in [0.15, 0.2) is 0 Å². The molecule has 5 heteroatoms. The first-order chi connectivity index (χ1) is 15.3.